The molecular formula is C20H13NO3. The molecule has 0 unspecified atom stereocenters. The molecule has 4 heteroatoms. The van der Waals surface area contributed by atoms with Crippen molar-refractivity contribution in [1.29, 1.82) is 0 Å². The molecule has 4 rings (SSSR count). The van der Waals surface area contributed by atoms with Gasteiger partial charge in [-0.25, -0.2) is 4.98 Å². The highest BCUT2D eigenvalue weighted by molar-refractivity contribution is 6.33. The third kappa shape index (κ3) is 2.44. The van der Waals surface area contributed by atoms with Crippen molar-refractivity contribution in [2.75, 3.05) is 0 Å². The van der Waals surface area contributed by atoms with Gasteiger partial charge in [0.25, 0.3) is 0 Å². The standard InChI is InChI=1S/C20H13NO3/c22-18-11-10-13-6-4-5-9-15(13)16(18)12-17-20(23)24-19(21-17)14-7-2-1-3-8-14/h1-12,23H. The van der Waals surface area contributed by atoms with Crippen molar-refractivity contribution in [2.45, 2.75) is 0 Å². The fourth-order valence-corrected chi connectivity index (χ4v) is 2.68. The van der Waals surface area contributed by atoms with Gasteiger partial charge in [0.15, 0.2) is 5.78 Å². The average molecular weight is 315 g/mol. The van der Waals surface area contributed by atoms with Crippen LogP contribution in [0.4, 0.5) is 0 Å². The minimum atomic E-state index is -0.304. The molecule has 0 aliphatic heterocycles. The van der Waals surface area contributed by atoms with E-state index in [4.69, 9.17) is 4.42 Å². The number of hydrogen-bond donors (Lipinski definition) is 1. The number of oxazole rings is 1. The summed E-state index contributed by atoms with van der Waals surface area (Å²) in [6.45, 7) is 0. The minimum Gasteiger partial charge on any atom is -0.479 e. The van der Waals surface area contributed by atoms with Crippen LogP contribution in [0.1, 0.15) is 16.8 Å². The number of hydrogen-bond acceptors (Lipinski definition) is 4. The van der Waals surface area contributed by atoms with Gasteiger partial charge in [-0.05, 0) is 35.4 Å². The maximum Gasteiger partial charge on any atom is 0.310 e. The topological polar surface area (TPSA) is 63.3 Å². The van der Waals surface area contributed by atoms with Crippen LogP contribution >= 0.6 is 0 Å². The first kappa shape index (κ1) is 14.2. The third-order valence-electron chi connectivity index (χ3n) is 3.87. The number of carbonyl (C=O) groups is 1. The third-order valence-corrected chi connectivity index (χ3v) is 3.87. The van der Waals surface area contributed by atoms with Crippen LogP contribution in [0.2, 0.25) is 0 Å². The van der Waals surface area contributed by atoms with Gasteiger partial charge in [0.05, 0.1) is 0 Å². The first-order chi connectivity index (χ1) is 11.7. The normalized spacial score (nSPS) is 14.8. The number of aromatic nitrogens is 1. The van der Waals surface area contributed by atoms with E-state index in [9.17, 15) is 9.90 Å². The van der Waals surface area contributed by atoms with E-state index < -0.39 is 0 Å². The summed E-state index contributed by atoms with van der Waals surface area (Å²) in [5.74, 6) is -0.120. The fraction of sp³-hybridized carbons (Fsp3) is 0. The molecule has 24 heavy (non-hydrogen) atoms. The second-order valence-corrected chi connectivity index (χ2v) is 5.42. The molecule has 1 aromatic heterocycles. The molecule has 1 heterocycles. The van der Waals surface area contributed by atoms with E-state index in [-0.39, 0.29) is 17.4 Å². The predicted molar refractivity (Wildman–Crippen MR) is 92.0 cm³/mol. The number of rotatable bonds is 2. The Morgan fingerprint density at radius 1 is 0.958 bits per heavy atom. The number of aromatic hydroxyl groups is 1. The van der Waals surface area contributed by atoms with Crippen molar-refractivity contribution < 1.29 is 14.3 Å². The van der Waals surface area contributed by atoms with Crippen molar-refractivity contribution in [1.82, 2.24) is 4.98 Å². The maximum absolute atomic E-state index is 12.3. The molecule has 2 aromatic carbocycles. The minimum absolute atomic E-state index is 0.127. The van der Waals surface area contributed by atoms with Gasteiger partial charge in [-0.3, -0.25) is 4.79 Å². The van der Waals surface area contributed by atoms with Gasteiger partial charge in [0, 0.05) is 11.1 Å². The first-order valence-corrected chi connectivity index (χ1v) is 7.51. The van der Waals surface area contributed by atoms with Gasteiger partial charge in [0.2, 0.25) is 5.89 Å². The van der Waals surface area contributed by atoms with Crippen LogP contribution in [-0.2, 0) is 4.79 Å². The Morgan fingerprint density at radius 3 is 2.54 bits per heavy atom. The largest absolute Gasteiger partial charge is 0.479 e. The van der Waals surface area contributed by atoms with Crippen LogP contribution in [0.25, 0.3) is 29.2 Å². The van der Waals surface area contributed by atoms with Gasteiger partial charge in [-0.15, -0.1) is 0 Å². The number of allylic oxidation sites excluding steroid dienone is 2. The molecule has 4 nitrogen and oxygen atoms in total. The Morgan fingerprint density at radius 2 is 1.71 bits per heavy atom. The van der Waals surface area contributed by atoms with Crippen LogP contribution in [0.5, 0.6) is 5.95 Å². The molecule has 0 saturated carbocycles. The summed E-state index contributed by atoms with van der Waals surface area (Å²) < 4.78 is 5.34. The van der Waals surface area contributed by atoms with E-state index in [1.54, 1.807) is 12.2 Å². The number of nitrogens with zero attached hydrogens (tertiary/aromatic N) is 1. The predicted octanol–water partition coefficient (Wildman–Crippen LogP) is 4.18. The number of fused-ring (bicyclic) bond motifs is 1. The van der Waals surface area contributed by atoms with Gasteiger partial charge in [-0.2, -0.15) is 0 Å². The molecule has 0 amide bonds. The van der Waals surface area contributed by atoms with E-state index in [1.807, 2.05) is 54.6 Å². The molecule has 1 aliphatic rings. The van der Waals surface area contributed by atoms with Crippen LogP contribution in [0.3, 0.4) is 0 Å². The van der Waals surface area contributed by atoms with E-state index in [1.165, 1.54) is 6.08 Å². The average Bonchev–Trinajstić information content (AvgIpc) is 2.99. The summed E-state index contributed by atoms with van der Waals surface area (Å²) in [4.78, 5) is 16.6. The lowest BCUT2D eigenvalue weighted by Crippen LogP contribution is -2.04. The Hall–Kier alpha value is -3.40. The van der Waals surface area contributed by atoms with Gasteiger partial charge in [0.1, 0.15) is 5.69 Å². The number of ketones is 1. The smallest absolute Gasteiger partial charge is 0.310 e. The monoisotopic (exact) mass is 315 g/mol. The number of carbonyl (C=O) groups excluding carboxylic acids is 1. The van der Waals surface area contributed by atoms with Crippen LogP contribution in [0.15, 0.2) is 65.1 Å². The van der Waals surface area contributed by atoms with E-state index >= 15 is 0 Å². The molecule has 3 aromatic rings. The molecule has 0 radical (unpaired) electrons. The lowest BCUT2D eigenvalue weighted by Gasteiger charge is -2.12. The maximum atomic E-state index is 12.3. The van der Waals surface area contributed by atoms with Gasteiger partial charge < -0.3 is 9.52 Å². The highest BCUT2D eigenvalue weighted by Crippen LogP contribution is 2.32. The van der Waals surface area contributed by atoms with Gasteiger partial charge in [-0.1, -0.05) is 48.5 Å². The number of benzene rings is 2. The molecule has 1 N–H and O–H groups in total. The van der Waals surface area contributed by atoms with Crippen molar-refractivity contribution in [3.63, 3.8) is 0 Å². The van der Waals surface area contributed by atoms with Crippen LogP contribution in [0, 0.1) is 0 Å². The molecule has 0 saturated heterocycles. The molecule has 0 bridgehead atoms. The Kier molecular flexibility index (Phi) is 3.35. The summed E-state index contributed by atoms with van der Waals surface area (Å²) in [7, 11) is 0. The van der Waals surface area contributed by atoms with Crippen LogP contribution in [-0.4, -0.2) is 15.9 Å². The summed E-state index contributed by atoms with van der Waals surface area (Å²) >= 11 is 0. The molecule has 116 valence electrons. The SMILES string of the molecule is O=C1C=Cc2ccccc2C1=Cc1nc(-c2ccccc2)oc1O. The molecule has 0 fully saturated rings. The molecular weight excluding hydrogens is 302 g/mol. The van der Waals surface area contributed by atoms with Crippen molar-refractivity contribution in [3.05, 3.63) is 77.5 Å². The zero-order valence-corrected chi connectivity index (χ0v) is 12.6. The summed E-state index contributed by atoms with van der Waals surface area (Å²) in [6.07, 6.45) is 4.87. The quantitative estimate of drug-likeness (QED) is 0.720. The van der Waals surface area contributed by atoms with E-state index in [0.29, 0.717) is 11.5 Å². The molecule has 0 spiro atoms. The van der Waals surface area contributed by atoms with E-state index in [2.05, 4.69) is 4.98 Å². The van der Waals surface area contributed by atoms with Crippen molar-refractivity contribution >= 4 is 23.5 Å². The lowest BCUT2D eigenvalue weighted by molar-refractivity contribution is -0.109. The highest BCUT2D eigenvalue weighted by Gasteiger charge is 2.19. The zero-order valence-electron chi connectivity index (χ0n) is 12.6. The lowest BCUT2D eigenvalue weighted by atomic mass is 9.91. The zero-order chi connectivity index (χ0) is 16.5. The van der Waals surface area contributed by atoms with Crippen molar-refractivity contribution in [3.8, 4) is 17.4 Å². The molecule has 1 aliphatic carbocycles. The van der Waals surface area contributed by atoms with Crippen LogP contribution < -0.4 is 0 Å². The second kappa shape index (κ2) is 5.66. The highest BCUT2D eigenvalue weighted by atomic mass is 16.5. The Balaban J connectivity index is 1.80. The molecule has 0 atom stereocenters. The first-order valence-electron chi connectivity index (χ1n) is 7.51. The Labute approximate surface area is 138 Å². The fourth-order valence-electron chi connectivity index (χ4n) is 2.68. The Bertz CT molecular complexity index is 981. The van der Waals surface area contributed by atoms with E-state index in [0.717, 1.165) is 16.7 Å². The van der Waals surface area contributed by atoms with Gasteiger partial charge >= 0.3 is 5.95 Å². The van der Waals surface area contributed by atoms with Crippen molar-refractivity contribution in [2.24, 2.45) is 0 Å². The second-order valence-electron chi connectivity index (χ2n) is 5.42. The summed E-state index contributed by atoms with van der Waals surface area (Å²) in [5.41, 5.74) is 3.25. The summed E-state index contributed by atoms with van der Waals surface area (Å²) in [6, 6.07) is 16.9. The summed E-state index contributed by atoms with van der Waals surface area (Å²) in [5, 5.41) is 10.1.